The van der Waals surface area contributed by atoms with Crippen LogP contribution in [0.2, 0.25) is 0 Å². The van der Waals surface area contributed by atoms with E-state index >= 15 is 0 Å². The number of anilines is 2. The Bertz CT molecular complexity index is 1770. The van der Waals surface area contributed by atoms with Crippen molar-refractivity contribution in [2.75, 3.05) is 36.4 Å². The first kappa shape index (κ1) is 33.2. The summed E-state index contributed by atoms with van der Waals surface area (Å²) in [5.74, 6) is 0.606. The van der Waals surface area contributed by atoms with Crippen LogP contribution in [-0.2, 0) is 29.0 Å². The molecule has 0 bridgehead atoms. The second-order valence-electron chi connectivity index (χ2n) is 13.3. The fraction of sp³-hybridized carbons (Fsp3) is 0.447. The zero-order valence-electron chi connectivity index (χ0n) is 28.1. The maximum absolute atomic E-state index is 13.7. The van der Waals surface area contributed by atoms with E-state index in [1.807, 2.05) is 30.0 Å². The highest BCUT2D eigenvalue weighted by Crippen LogP contribution is 2.31. The molecule has 0 spiro atoms. The molecule has 1 saturated carbocycles. The van der Waals surface area contributed by atoms with Crippen molar-refractivity contribution < 1.29 is 14.4 Å². The van der Waals surface area contributed by atoms with Crippen molar-refractivity contribution in [3.8, 4) is 11.1 Å². The number of hydrogen-bond donors (Lipinski definition) is 3. The minimum Gasteiger partial charge on any atom is -0.353 e. The average molecular weight is 651 g/mol. The summed E-state index contributed by atoms with van der Waals surface area (Å²) in [6.07, 6.45) is 12.4. The molecule has 3 heterocycles. The van der Waals surface area contributed by atoms with E-state index in [0.29, 0.717) is 41.4 Å². The predicted molar refractivity (Wildman–Crippen MR) is 188 cm³/mol. The zero-order valence-corrected chi connectivity index (χ0v) is 28.1. The van der Waals surface area contributed by atoms with Gasteiger partial charge in [0.1, 0.15) is 5.82 Å². The van der Waals surface area contributed by atoms with Crippen molar-refractivity contribution in [2.24, 2.45) is 5.92 Å². The first-order valence-corrected chi connectivity index (χ1v) is 17.3. The van der Waals surface area contributed by atoms with Gasteiger partial charge in [0.15, 0.2) is 0 Å². The van der Waals surface area contributed by atoms with E-state index in [9.17, 15) is 19.2 Å². The van der Waals surface area contributed by atoms with Gasteiger partial charge in [-0.05, 0) is 105 Å². The summed E-state index contributed by atoms with van der Waals surface area (Å²) >= 11 is 0. The lowest BCUT2D eigenvalue weighted by molar-refractivity contribution is -0.136. The molecule has 0 radical (unpaired) electrons. The van der Waals surface area contributed by atoms with Gasteiger partial charge >= 0.3 is 0 Å². The van der Waals surface area contributed by atoms with Gasteiger partial charge in [0, 0.05) is 72.9 Å². The molecule has 6 rings (SSSR count). The summed E-state index contributed by atoms with van der Waals surface area (Å²) in [5.41, 5.74) is 6.59. The van der Waals surface area contributed by atoms with Crippen LogP contribution in [0.3, 0.4) is 0 Å². The fourth-order valence-corrected chi connectivity index (χ4v) is 7.50. The molecule has 3 aromatic rings. The van der Waals surface area contributed by atoms with Crippen LogP contribution < -0.4 is 21.1 Å². The van der Waals surface area contributed by atoms with E-state index in [0.717, 1.165) is 92.7 Å². The number of carbonyl (C=O) groups excluding carboxylic acids is 3. The molecule has 1 saturated heterocycles. The van der Waals surface area contributed by atoms with Gasteiger partial charge in [0.25, 0.3) is 11.5 Å². The molecule has 10 heteroatoms. The van der Waals surface area contributed by atoms with Crippen molar-refractivity contribution in [1.29, 1.82) is 0 Å². The van der Waals surface area contributed by atoms with Gasteiger partial charge < -0.3 is 25.4 Å². The second-order valence-corrected chi connectivity index (χ2v) is 13.3. The molecule has 252 valence electrons. The highest BCUT2D eigenvalue weighted by atomic mass is 16.2. The summed E-state index contributed by atoms with van der Waals surface area (Å²) in [4.78, 5) is 63.9. The standard InChI is InChI=1S/C38H46N6O4/c1-4-35(45)42-33-21-28(20-31(24(33)2)36(46)40-23-32-30-13-9-8-12-29(30)25(3)41-37(32)47)27-14-15-34(39-22-27)43-16-18-44(19-17-43)38(48)26-10-6-5-7-11-26/h4,14-15,20-22,26H,1,5-13,16-19,23H2,2-3H3,(H,40,46)(H,41,47)(H,42,45). The lowest BCUT2D eigenvalue weighted by Gasteiger charge is -2.37. The van der Waals surface area contributed by atoms with E-state index in [2.05, 4.69) is 27.1 Å². The van der Waals surface area contributed by atoms with Crippen molar-refractivity contribution in [3.63, 3.8) is 0 Å². The van der Waals surface area contributed by atoms with Crippen molar-refractivity contribution in [2.45, 2.75) is 78.2 Å². The summed E-state index contributed by atoms with van der Waals surface area (Å²) in [7, 11) is 0. The highest BCUT2D eigenvalue weighted by Gasteiger charge is 2.29. The number of aromatic amines is 1. The van der Waals surface area contributed by atoms with Gasteiger partial charge in [-0.25, -0.2) is 4.98 Å². The lowest BCUT2D eigenvalue weighted by atomic mass is 9.88. The molecule has 48 heavy (non-hydrogen) atoms. The number of nitrogens with zero attached hydrogens (tertiary/aromatic N) is 3. The van der Waals surface area contributed by atoms with Crippen LogP contribution in [0.1, 0.15) is 83.3 Å². The number of piperazine rings is 1. The summed E-state index contributed by atoms with van der Waals surface area (Å²) in [6.45, 7) is 10.2. The van der Waals surface area contributed by atoms with Crippen molar-refractivity contribution in [3.05, 3.63) is 87.0 Å². The van der Waals surface area contributed by atoms with Crippen LogP contribution in [0.4, 0.5) is 11.5 Å². The lowest BCUT2D eigenvalue weighted by Crippen LogP contribution is -2.50. The maximum atomic E-state index is 13.7. The summed E-state index contributed by atoms with van der Waals surface area (Å²) in [6, 6.07) is 7.56. The molecule has 2 fully saturated rings. The molecule has 3 aliphatic rings. The third-order valence-electron chi connectivity index (χ3n) is 10.3. The maximum Gasteiger partial charge on any atom is 0.253 e. The number of fused-ring (bicyclic) bond motifs is 1. The fourth-order valence-electron chi connectivity index (χ4n) is 7.50. The van der Waals surface area contributed by atoms with Crippen molar-refractivity contribution in [1.82, 2.24) is 20.2 Å². The Morgan fingerprint density at radius 1 is 0.958 bits per heavy atom. The number of nitrogens with one attached hydrogen (secondary N) is 3. The topological polar surface area (TPSA) is 128 Å². The number of aryl methyl sites for hydroxylation is 1. The average Bonchev–Trinajstić information content (AvgIpc) is 3.12. The second kappa shape index (κ2) is 14.6. The molecule has 1 aromatic carbocycles. The largest absolute Gasteiger partial charge is 0.353 e. The van der Waals surface area contributed by atoms with Gasteiger partial charge in [0.05, 0.1) is 0 Å². The molecule has 3 amide bonds. The molecule has 10 nitrogen and oxygen atoms in total. The van der Waals surface area contributed by atoms with Gasteiger partial charge in [-0.3, -0.25) is 19.2 Å². The monoisotopic (exact) mass is 650 g/mol. The number of rotatable bonds is 8. The number of hydrogen-bond acceptors (Lipinski definition) is 6. The Kier molecular flexibility index (Phi) is 10.1. The summed E-state index contributed by atoms with van der Waals surface area (Å²) in [5, 5.41) is 5.82. The molecule has 2 aromatic heterocycles. The summed E-state index contributed by atoms with van der Waals surface area (Å²) < 4.78 is 0. The van der Waals surface area contributed by atoms with E-state index < -0.39 is 0 Å². The first-order valence-electron chi connectivity index (χ1n) is 17.3. The number of carbonyl (C=O) groups is 3. The molecule has 1 aliphatic heterocycles. The third kappa shape index (κ3) is 7.07. The molecular weight excluding hydrogens is 604 g/mol. The first-order chi connectivity index (χ1) is 23.2. The molecule has 3 N–H and O–H groups in total. The Morgan fingerprint density at radius 2 is 1.69 bits per heavy atom. The van der Waals surface area contributed by atoms with E-state index in [4.69, 9.17) is 4.98 Å². The van der Waals surface area contributed by atoms with E-state index in [-0.39, 0.29) is 29.8 Å². The van der Waals surface area contributed by atoms with Gasteiger partial charge in [-0.1, -0.05) is 25.8 Å². The van der Waals surface area contributed by atoms with Crippen LogP contribution in [0.25, 0.3) is 11.1 Å². The number of pyridine rings is 2. The number of benzene rings is 1. The highest BCUT2D eigenvalue weighted by molar-refractivity contribution is 6.03. The quantitative estimate of drug-likeness (QED) is 0.287. The van der Waals surface area contributed by atoms with Gasteiger partial charge in [0.2, 0.25) is 11.8 Å². The smallest absolute Gasteiger partial charge is 0.253 e. The van der Waals surface area contributed by atoms with Crippen LogP contribution in [0, 0.1) is 19.8 Å². The Labute approximate surface area is 282 Å². The third-order valence-corrected chi connectivity index (χ3v) is 10.3. The normalized spacial score (nSPS) is 16.6. The predicted octanol–water partition coefficient (Wildman–Crippen LogP) is 5.22. The number of aromatic nitrogens is 2. The van der Waals surface area contributed by atoms with Crippen LogP contribution in [0.15, 0.2) is 47.9 Å². The zero-order chi connectivity index (χ0) is 33.8. The Hall–Kier alpha value is -4.73. The molecular formula is C38H46N6O4. The molecule has 0 atom stereocenters. The Balaban J connectivity index is 1.19. The van der Waals surface area contributed by atoms with Crippen molar-refractivity contribution >= 4 is 29.2 Å². The van der Waals surface area contributed by atoms with Crippen LogP contribution in [-0.4, -0.2) is 58.8 Å². The van der Waals surface area contributed by atoms with E-state index in [1.165, 1.54) is 18.1 Å². The number of amides is 3. The Morgan fingerprint density at radius 3 is 2.38 bits per heavy atom. The molecule has 0 unspecified atom stereocenters. The SMILES string of the molecule is C=CC(=O)Nc1cc(-c2ccc(N3CCN(C(=O)C4CCCCC4)CC3)nc2)cc(C(=O)NCc2c3c(c(C)[nH]c2=O)CCCC3)c1C. The minimum atomic E-state index is -0.381. The van der Waals surface area contributed by atoms with Crippen LogP contribution >= 0.6 is 0 Å². The minimum absolute atomic E-state index is 0.116. The number of H-pyrrole nitrogens is 1. The van der Waals surface area contributed by atoms with E-state index in [1.54, 1.807) is 19.2 Å². The van der Waals surface area contributed by atoms with Gasteiger partial charge in [-0.2, -0.15) is 0 Å². The molecule has 2 aliphatic carbocycles. The van der Waals surface area contributed by atoms with Crippen LogP contribution in [0.5, 0.6) is 0 Å². The van der Waals surface area contributed by atoms with Gasteiger partial charge in [-0.15, -0.1) is 0 Å².